The van der Waals surface area contributed by atoms with E-state index in [1.165, 1.54) is 6.92 Å². The van der Waals surface area contributed by atoms with Crippen molar-refractivity contribution in [3.05, 3.63) is 37.0 Å². The largest absolute Gasteiger partial charge is 0.459 e. The van der Waals surface area contributed by atoms with Gasteiger partial charge in [0.2, 0.25) is 0 Å². The van der Waals surface area contributed by atoms with Crippen LogP contribution in [0.2, 0.25) is 0 Å². The highest BCUT2D eigenvalue weighted by Gasteiger charge is 2.20. The van der Waals surface area contributed by atoms with E-state index in [1.54, 1.807) is 0 Å². The van der Waals surface area contributed by atoms with Crippen molar-refractivity contribution in [3.63, 3.8) is 0 Å². The summed E-state index contributed by atoms with van der Waals surface area (Å²) >= 11 is 0. The summed E-state index contributed by atoms with van der Waals surface area (Å²) in [5, 5.41) is 10.2. The molecule has 0 aromatic heterocycles. The van der Waals surface area contributed by atoms with E-state index in [4.69, 9.17) is 4.74 Å². The molecule has 3 nitrogen and oxygen atoms in total. The summed E-state index contributed by atoms with van der Waals surface area (Å²) in [5.74, 6) is -0.338. The molecule has 0 aromatic carbocycles. The zero-order chi connectivity index (χ0) is 16.6. The molecule has 0 fully saturated rings. The Bertz CT molecular complexity index is 345. The van der Waals surface area contributed by atoms with Crippen molar-refractivity contribution in [3.8, 4) is 0 Å². The third-order valence-electron chi connectivity index (χ3n) is 3.36. The molecule has 0 radical (unpaired) electrons. The monoisotopic (exact) mass is 308 g/mol. The van der Waals surface area contributed by atoms with Crippen LogP contribution in [-0.4, -0.2) is 23.3 Å². The zero-order valence-corrected chi connectivity index (χ0v) is 14.2. The Labute approximate surface area is 135 Å². The lowest BCUT2D eigenvalue weighted by molar-refractivity contribution is -0.152. The molecule has 0 bridgehead atoms. The first-order valence-corrected chi connectivity index (χ1v) is 8.38. The average molecular weight is 308 g/mol. The van der Waals surface area contributed by atoms with Crippen molar-refractivity contribution >= 4 is 5.97 Å². The maximum absolute atomic E-state index is 11.2. The van der Waals surface area contributed by atoms with Crippen LogP contribution in [0, 0.1) is 0 Å². The Kier molecular flexibility index (Phi) is 13.7. The zero-order valence-electron chi connectivity index (χ0n) is 14.2. The van der Waals surface area contributed by atoms with E-state index in [1.807, 2.05) is 18.2 Å². The Morgan fingerprint density at radius 1 is 1.18 bits per heavy atom. The summed E-state index contributed by atoms with van der Waals surface area (Å²) in [4.78, 5) is 11.2. The predicted molar refractivity (Wildman–Crippen MR) is 92.6 cm³/mol. The van der Waals surface area contributed by atoms with Gasteiger partial charge in [-0.1, -0.05) is 50.1 Å². The summed E-state index contributed by atoms with van der Waals surface area (Å²) < 4.78 is 5.24. The molecule has 126 valence electrons. The van der Waals surface area contributed by atoms with E-state index < -0.39 is 12.2 Å². The molecule has 1 N–H and O–H groups in total. The van der Waals surface area contributed by atoms with Gasteiger partial charge in [-0.05, 0) is 32.1 Å². The molecule has 0 saturated heterocycles. The average Bonchev–Trinajstić information content (AvgIpc) is 2.48. The highest BCUT2D eigenvalue weighted by atomic mass is 16.6. The van der Waals surface area contributed by atoms with Crippen molar-refractivity contribution in [1.82, 2.24) is 0 Å². The van der Waals surface area contributed by atoms with Crippen molar-refractivity contribution in [2.45, 2.75) is 77.4 Å². The van der Waals surface area contributed by atoms with Gasteiger partial charge in [-0.25, -0.2) is 0 Å². The number of rotatable bonds is 13. The minimum atomic E-state index is -0.594. The van der Waals surface area contributed by atoms with Crippen LogP contribution in [0.3, 0.4) is 0 Å². The fraction of sp³-hybridized carbons (Fsp3) is 0.632. The number of aliphatic hydroxyl groups excluding tert-OH is 1. The van der Waals surface area contributed by atoms with Crippen LogP contribution in [0.15, 0.2) is 37.0 Å². The summed E-state index contributed by atoms with van der Waals surface area (Å²) in [6.45, 7) is 7.18. The maximum Gasteiger partial charge on any atom is 0.303 e. The molecule has 0 saturated carbocycles. The molecule has 22 heavy (non-hydrogen) atoms. The van der Waals surface area contributed by atoms with Crippen molar-refractivity contribution in [2.75, 3.05) is 0 Å². The molecule has 0 heterocycles. The standard InChI is InChI=1S/C19H32O3/c1-4-6-8-10-12-14-16-19(22-17(3)20)18(21)15-13-11-9-7-5-2/h5-6,8,12,14,18-19,21H,2,4,7,9-11,13,15-16H2,1,3H3/b8-6-,14-12-. The third kappa shape index (κ3) is 12.4. The molecule has 2 atom stereocenters. The van der Waals surface area contributed by atoms with Gasteiger partial charge in [0, 0.05) is 13.3 Å². The normalized spacial score (nSPS) is 14.3. The van der Waals surface area contributed by atoms with E-state index in [-0.39, 0.29) is 5.97 Å². The number of carbonyl (C=O) groups is 1. The smallest absolute Gasteiger partial charge is 0.303 e. The minimum Gasteiger partial charge on any atom is -0.459 e. The molecule has 0 spiro atoms. The molecular weight excluding hydrogens is 276 g/mol. The molecule has 0 rings (SSSR count). The van der Waals surface area contributed by atoms with Crippen LogP contribution < -0.4 is 0 Å². The van der Waals surface area contributed by atoms with Gasteiger partial charge >= 0.3 is 5.97 Å². The van der Waals surface area contributed by atoms with Crippen LogP contribution in [0.25, 0.3) is 0 Å². The Morgan fingerprint density at radius 2 is 1.91 bits per heavy atom. The Balaban J connectivity index is 4.15. The van der Waals surface area contributed by atoms with Crippen LogP contribution in [0.1, 0.15) is 65.2 Å². The van der Waals surface area contributed by atoms with Gasteiger partial charge in [0.1, 0.15) is 6.10 Å². The minimum absolute atomic E-state index is 0.338. The second-order valence-electron chi connectivity index (χ2n) is 5.46. The first kappa shape index (κ1) is 20.6. The van der Waals surface area contributed by atoms with Gasteiger partial charge in [0.15, 0.2) is 0 Å². The van der Waals surface area contributed by atoms with Crippen LogP contribution in [0.4, 0.5) is 0 Å². The first-order chi connectivity index (χ1) is 10.6. The maximum atomic E-state index is 11.2. The van der Waals surface area contributed by atoms with E-state index in [0.29, 0.717) is 12.8 Å². The van der Waals surface area contributed by atoms with Gasteiger partial charge in [-0.3, -0.25) is 4.79 Å². The van der Waals surface area contributed by atoms with Gasteiger partial charge in [-0.2, -0.15) is 0 Å². The number of carbonyl (C=O) groups excluding carboxylic acids is 1. The quantitative estimate of drug-likeness (QED) is 0.304. The third-order valence-corrected chi connectivity index (χ3v) is 3.36. The summed E-state index contributed by atoms with van der Waals surface area (Å²) in [5.41, 5.74) is 0. The number of allylic oxidation sites excluding steroid dienone is 4. The predicted octanol–water partition coefficient (Wildman–Crippen LogP) is 4.72. The highest BCUT2D eigenvalue weighted by molar-refractivity contribution is 5.66. The van der Waals surface area contributed by atoms with E-state index >= 15 is 0 Å². The van der Waals surface area contributed by atoms with Crippen molar-refractivity contribution in [2.24, 2.45) is 0 Å². The molecule has 0 aliphatic heterocycles. The lowest BCUT2D eigenvalue weighted by atomic mass is 10.0. The summed E-state index contributed by atoms with van der Waals surface area (Å²) in [6.07, 6.45) is 16.4. The molecule has 0 aliphatic rings. The van der Waals surface area contributed by atoms with Gasteiger partial charge < -0.3 is 9.84 Å². The van der Waals surface area contributed by atoms with Crippen molar-refractivity contribution in [1.29, 1.82) is 0 Å². The molecule has 0 aliphatic carbocycles. The van der Waals surface area contributed by atoms with Gasteiger partial charge in [-0.15, -0.1) is 6.58 Å². The molecule has 3 heteroatoms. The van der Waals surface area contributed by atoms with Crippen molar-refractivity contribution < 1.29 is 14.6 Å². The number of ether oxygens (including phenoxy) is 1. The summed E-state index contributed by atoms with van der Waals surface area (Å²) in [6, 6.07) is 0. The lowest BCUT2D eigenvalue weighted by Crippen LogP contribution is -2.30. The SMILES string of the molecule is C=CCCCCCC(O)C(C/C=C\C/C=C\CC)OC(C)=O. The molecule has 0 amide bonds. The van der Waals surface area contributed by atoms with Gasteiger partial charge in [0.05, 0.1) is 6.10 Å². The second-order valence-corrected chi connectivity index (χ2v) is 5.46. The second kappa shape index (κ2) is 14.6. The topological polar surface area (TPSA) is 46.5 Å². The van der Waals surface area contributed by atoms with Crippen LogP contribution in [0.5, 0.6) is 0 Å². The molecule has 0 aromatic rings. The van der Waals surface area contributed by atoms with E-state index in [0.717, 1.165) is 38.5 Å². The fourth-order valence-corrected chi connectivity index (χ4v) is 2.17. The number of unbranched alkanes of at least 4 members (excludes halogenated alkanes) is 3. The Morgan fingerprint density at radius 3 is 2.55 bits per heavy atom. The van der Waals surface area contributed by atoms with E-state index in [9.17, 15) is 9.90 Å². The fourth-order valence-electron chi connectivity index (χ4n) is 2.17. The lowest BCUT2D eigenvalue weighted by Gasteiger charge is -2.21. The summed E-state index contributed by atoms with van der Waals surface area (Å²) in [7, 11) is 0. The van der Waals surface area contributed by atoms with Crippen LogP contribution in [-0.2, 0) is 9.53 Å². The van der Waals surface area contributed by atoms with Crippen LogP contribution >= 0.6 is 0 Å². The number of hydrogen-bond acceptors (Lipinski definition) is 3. The number of aliphatic hydroxyl groups is 1. The molecular formula is C19H32O3. The highest BCUT2D eigenvalue weighted by Crippen LogP contribution is 2.14. The van der Waals surface area contributed by atoms with E-state index in [2.05, 4.69) is 25.7 Å². The molecule has 2 unspecified atom stereocenters. The number of esters is 1. The number of hydrogen-bond donors (Lipinski definition) is 1. The Hall–Kier alpha value is -1.35. The first-order valence-electron chi connectivity index (χ1n) is 8.38. The van der Waals surface area contributed by atoms with Gasteiger partial charge in [0.25, 0.3) is 0 Å².